The number of aromatic nitrogens is 1. The van der Waals surface area contributed by atoms with Crippen molar-refractivity contribution in [3.63, 3.8) is 0 Å². The van der Waals surface area contributed by atoms with Crippen LogP contribution in [0.1, 0.15) is 5.69 Å². The highest BCUT2D eigenvalue weighted by molar-refractivity contribution is 5.97. The zero-order valence-corrected chi connectivity index (χ0v) is 11.1. The van der Waals surface area contributed by atoms with Gasteiger partial charge in [-0.2, -0.15) is 5.26 Å². The summed E-state index contributed by atoms with van der Waals surface area (Å²) >= 11 is 0. The van der Waals surface area contributed by atoms with Crippen LogP contribution in [0.2, 0.25) is 0 Å². The zero-order chi connectivity index (χ0) is 14.5. The van der Waals surface area contributed by atoms with Crippen LogP contribution < -0.4 is 4.74 Å². The van der Waals surface area contributed by atoms with E-state index in [1.165, 1.54) is 13.2 Å². The molecule has 0 atom stereocenters. The average molecular weight is 268 g/mol. The Hall–Kier alpha value is -2.87. The summed E-state index contributed by atoms with van der Waals surface area (Å²) in [6.07, 6.45) is 1.40. The Kier molecular flexibility index (Phi) is 3.96. The topological polar surface area (TPSA) is 72.2 Å². The van der Waals surface area contributed by atoms with Crippen molar-refractivity contribution in [2.75, 3.05) is 14.2 Å². The summed E-state index contributed by atoms with van der Waals surface area (Å²) < 4.78 is 9.66. The lowest BCUT2D eigenvalue weighted by molar-refractivity contribution is -0.135. The Bertz CT molecular complexity index is 729. The first-order valence-electron chi connectivity index (χ1n) is 5.83. The first kappa shape index (κ1) is 13.6. The van der Waals surface area contributed by atoms with Crippen LogP contribution in [0, 0.1) is 11.3 Å². The average Bonchev–Trinajstić information content (AvgIpc) is 2.51. The molecular formula is C15H12N2O3. The molecule has 100 valence electrons. The minimum atomic E-state index is -0.677. The van der Waals surface area contributed by atoms with Crippen molar-refractivity contribution in [1.29, 1.82) is 5.26 Å². The van der Waals surface area contributed by atoms with Gasteiger partial charge in [0.25, 0.3) is 0 Å². The molecule has 0 unspecified atom stereocenters. The molecule has 0 aliphatic carbocycles. The number of hydrogen-bond acceptors (Lipinski definition) is 5. The molecule has 0 fully saturated rings. The number of fused-ring (bicyclic) bond motifs is 1. The Morgan fingerprint density at radius 3 is 2.75 bits per heavy atom. The molecule has 0 N–H and O–H groups in total. The van der Waals surface area contributed by atoms with Crippen LogP contribution >= 0.6 is 0 Å². The fourth-order valence-corrected chi connectivity index (χ4v) is 1.72. The summed E-state index contributed by atoms with van der Waals surface area (Å²) in [5.74, 6) is 0.0685. The molecule has 0 spiro atoms. The summed E-state index contributed by atoms with van der Waals surface area (Å²) in [6.45, 7) is 0. The van der Waals surface area contributed by atoms with E-state index < -0.39 is 5.97 Å². The number of ether oxygens (including phenoxy) is 2. The van der Waals surface area contributed by atoms with Crippen molar-refractivity contribution < 1.29 is 14.3 Å². The second kappa shape index (κ2) is 5.85. The highest BCUT2D eigenvalue weighted by Crippen LogP contribution is 2.20. The van der Waals surface area contributed by atoms with Gasteiger partial charge in [-0.1, -0.05) is 6.07 Å². The van der Waals surface area contributed by atoms with Crippen molar-refractivity contribution >= 4 is 22.9 Å². The van der Waals surface area contributed by atoms with E-state index in [0.29, 0.717) is 5.69 Å². The zero-order valence-electron chi connectivity index (χ0n) is 11.1. The Morgan fingerprint density at radius 2 is 2.10 bits per heavy atom. The van der Waals surface area contributed by atoms with E-state index in [9.17, 15) is 4.79 Å². The summed E-state index contributed by atoms with van der Waals surface area (Å²) in [4.78, 5) is 15.7. The number of benzene rings is 1. The number of carbonyl (C=O) groups excluding carboxylic acids is 1. The van der Waals surface area contributed by atoms with Crippen LogP contribution in [0.3, 0.4) is 0 Å². The molecule has 1 aromatic carbocycles. The number of esters is 1. The molecule has 20 heavy (non-hydrogen) atoms. The van der Waals surface area contributed by atoms with Crippen molar-refractivity contribution in [3.8, 4) is 11.8 Å². The maximum absolute atomic E-state index is 11.3. The number of hydrogen-bond donors (Lipinski definition) is 0. The summed E-state index contributed by atoms with van der Waals surface area (Å²) in [6, 6.07) is 10.8. The fourth-order valence-electron chi connectivity index (χ4n) is 1.72. The number of carbonyl (C=O) groups is 1. The van der Waals surface area contributed by atoms with Gasteiger partial charge in [-0.3, -0.25) is 0 Å². The molecule has 5 nitrogen and oxygen atoms in total. The fraction of sp³-hybridized carbons (Fsp3) is 0.133. The SMILES string of the molecule is COC(=O)C(C#N)=Cc1ccc2cc(OC)ccc2n1. The predicted molar refractivity (Wildman–Crippen MR) is 73.9 cm³/mol. The van der Waals surface area contributed by atoms with Crippen molar-refractivity contribution in [3.05, 3.63) is 41.6 Å². The maximum Gasteiger partial charge on any atom is 0.348 e. The molecule has 0 amide bonds. The molecule has 0 radical (unpaired) electrons. The van der Waals surface area contributed by atoms with Gasteiger partial charge in [0.15, 0.2) is 0 Å². The van der Waals surface area contributed by atoms with Crippen LogP contribution in [0.4, 0.5) is 0 Å². The van der Waals surface area contributed by atoms with Gasteiger partial charge in [0.1, 0.15) is 17.4 Å². The Morgan fingerprint density at radius 1 is 1.30 bits per heavy atom. The van der Waals surface area contributed by atoms with E-state index in [2.05, 4.69) is 9.72 Å². The quantitative estimate of drug-likeness (QED) is 0.485. The third kappa shape index (κ3) is 2.75. The van der Waals surface area contributed by atoms with Gasteiger partial charge in [0.05, 0.1) is 25.4 Å². The minimum Gasteiger partial charge on any atom is -0.497 e. The van der Waals surface area contributed by atoms with E-state index in [0.717, 1.165) is 16.7 Å². The van der Waals surface area contributed by atoms with Crippen LogP contribution in [-0.2, 0) is 9.53 Å². The van der Waals surface area contributed by atoms with Gasteiger partial charge in [0, 0.05) is 5.39 Å². The van der Waals surface area contributed by atoms with Crippen LogP contribution in [0.25, 0.3) is 17.0 Å². The molecule has 2 rings (SSSR count). The summed E-state index contributed by atoms with van der Waals surface area (Å²) in [7, 11) is 2.83. The molecular weight excluding hydrogens is 256 g/mol. The smallest absolute Gasteiger partial charge is 0.348 e. The third-order valence-electron chi connectivity index (χ3n) is 2.74. The predicted octanol–water partition coefficient (Wildman–Crippen LogP) is 2.32. The molecule has 1 aromatic heterocycles. The summed E-state index contributed by atoms with van der Waals surface area (Å²) in [5, 5.41) is 9.82. The lowest BCUT2D eigenvalue weighted by atomic mass is 10.1. The molecule has 0 bridgehead atoms. The van der Waals surface area contributed by atoms with Gasteiger partial charge in [-0.25, -0.2) is 9.78 Å². The lowest BCUT2D eigenvalue weighted by Gasteiger charge is -2.03. The van der Waals surface area contributed by atoms with Gasteiger partial charge in [0.2, 0.25) is 0 Å². The second-order valence-corrected chi connectivity index (χ2v) is 3.96. The van der Waals surface area contributed by atoms with Crippen LogP contribution in [0.5, 0.6) is 5.75 Å². The molecule has 0 aliphatic rings. The first-order valence-corrected chi connectivity index (χ1v) is 5.83. The largest absolute Gasteiger partial charge is 0.497 e. The van der Waals surface area contributed by atoms with Gasteiger partial charge in [-0.05, 0) is 30.3 Å². The molecule has 5 heteroatoms. The van der Waals surface area contributed by atoms with Crippen molar-refractivity contribution in [2.45, 2.75) is 0 Å². The maximum atomic E-state index is 11.3. The number of nitriles is 1. The van der Waals surface area contributed by atoms with E-state index in [-0.39, 0.29) is 5.57 Å². The third-order valence-corrected chi connectivity index (χ3v) is 2.74. The second-order valence-electron chi connectivity index (χ2n) is 3.96. The number of pyridine rings is 1. The molecule has 0 saturated carbocycles. The Labute approximate surface area is 116 Å². The van der Waals surface area contributed by atoms with Crippen molar-refractivity contribution in [2.24, 2.45) is 0 Å². The van der Waals surface area contributed by atoms with Gasteiger partial charge >= 0.3 is 5.97 Å². The van der Waals surface area contributed by atoms with Crippen LogP contribution in [0.15, 0.2) is 35.9 Å². The van der Waals surface area contributed by atoms with Crippen LogP contribution in [-0.4, -0.2) is 25.2 Å². The minimum absolute atomic E-state index is 0.0899. The number of nitrogens with zero attached hydrogens (tertiary/aromatic N) is 2. The van der Waals surface area contributed by atoms with Crippen molar-refractivity contribution in [1.82, 2.24) is 4.98 Å². The Balaban J connectivity index is 2.44. The molecule has 2 aromatic rings. The molecule has 0 aliphatic heterocycles. The standard InChI is InChI=1S/C15H12N2O3/c1-19-13-5-6-14-10(8-13)3-4-12(17-14)7-11(9-16)15(18)20-2/h3-8H,1-2H3. The monoisotopic (exact) mass is 268 g/mol. The molecule has 1 heterocycles. The molecule has 0 saturated heterocycles. The van der Waals surface area contributed by atoms with E-state index >= 15 is 0 Å². The van der Waals surface area contributed by atoms with Gasteiger partial charge in [-0.15, -0.1) is 0 Å². The summed E-state index contributed by atoms with van der Waals surface area (Å²) in [5.41, 5.74) is 1.18. The lowest BCUT2D eigenvalue weighted by Crippen LogP contribution is -2.02. The van der Waals surface area contributed by atoms with E-state index in [1.807, 2.05) is 18.2 Å². The van der Waals surface area contributed by atoms with E-state index in [4.69, 9.17) is 10.00 Å². The normalized spacial score (nSPS) is 10.9. The highest BCUT2D eigenvalue weighted by atomic mass is 16.5. The highest BCUT2D eigenvalue weighted by Gasteiger charge is 2.09. The van der Waals surface area contributed by atoms with Gasteiger partial charge < -0.3 is 9.47 Å². The number of methoxy groups -OCH3 is 2. The first-order chi connectivity index (χ1) is 9.67. The van der Waals surface area contributed by atoms with E-state index in [1.54, 1.807) is 25.3 Å². The number of rotatable bonds is 3.